The molecule has 0 spiro atoms. The van der Waals surface area contributed by atoms with Gasteiger partial charge in [0.2, 0.25) is 0 Å². The van der Waals surface area contributed by atoms with Crippen molar-refractivity contribution in [2.45, 2.75) is 66.7 Å². The Kier molecular flexibility index (Phi) is 9.02. The summed E-state index contributed by atoms with van der Waals surface area (Å²) in [5.41, 5.74) is 0. The zero-order valence-corrected chi connectivity index (χ0v) is 12.0. The maximum Gasteiger partial charge on any atom is 0.0456 e. The van der Waals surface area contributed by atoms with Gasteiger partial charge in [0.05, 0.1) is 0 Å². The van der Waals surface area contributed by atoms with E-state index < -0.39 is 0 Å². The summed E-state index contributed by atoms with van der Waals surface area (Å²) in [6, 6.07) is 0. The number of rotatable bonds is 9. The first-order valence-corrected chi connectivity index (χ1v) is 7.10. The summed E-state index contributed by atoms with van der Waals surface area (Å²) in [7, 11) is 0. The van der Waals surface area contributed by atoms with Gasteiger partial charge < -0.3 is 5.11 Å². The molecule has 4 atom stereocenters. The van der Waals surface area contributed by atoms with E-state index in [9.17, 15) is 0 Å². The smallest absolute Gasteiger partial charge is 0.0456 e. The fourth-order valence-corrected chi connectivity index (χ4v) is 2.94. The molecular weight excluding hydrogens is 196 g/mol. The summed E-state index contributed by atoms with van der Waals surface area (Å²) in [4.78, 5) is 0. The highest BCUT2D eigenvalue weighted by atomic mass is 16.3. The zero-order chi connectivity index (χ0) is 12.6. The highest BCUT2D eigenvalue weighted by Gasteiger charge is 2.14. The van der Waals surface area contributed by atoms with Gasteiger partial charge in [-0.2, -0.15) is 0 Å². The van der Waals surface area contributed by atoms with Crippen LogP contribution in [0.5, 0.6) is 0 Å². The van der Waals surface area contributed by atoms with Gasteiger partial charge in [-0.25, -0.2) is 0 Å². The summed E-state index contributed by atoms with van der Waals surface area (Å²) in [6.45, 7) is 11.8. The van der Waals surface area contributed by atoms with Crippen molar-refractivity contribution in [3.8, 4) is 0 Å². The third-order valence-corrected chi connectivity index (χ3v) is 3.51. The summed E-state index contributed by atoms with van der Waals surface area (Å²) in [6.07, 6.45) is 6.53. The summed E-state index contributed by atoms with van der Waals surface area (Å²) in [5.74, 6) is 2.94. The topological polar surface area (TPSA) is 20.2 Å². The Morgan fingerprint density at radius 2 is 1.19 bits per heavy atom. The molecule has 0 aliphatic rings. The first kappa shape index (κ1) is 16.0. The molecule has 1 N–H and O–H groups in total. The molecule has 0 heterocycles. The van der Waals surface area contributed by atoms with Crippen molar-refractivity contribution < 1.29 is 5.11 Å². The van der Waals surface area contributed by atoms with Crippen molar-refractivity contribution in [2.75, 3.05) is 6.61 Å². The SMILES string of the molecule is CCCC(C)C[C@H](C)C[C@H](C)C[C@@H](C)CO. The lowest BCUT2D eigenvalue weighted by molar-refractivity contribution is 0.204. The minimum absolute atomic E-state index is 0.338. The van der Waals surface area contributed by atoms with Gasteiger partial charge in [-0.15, -0.1) is 0 Å². The predicted octanol–water partition coefficient (Wildman–Crippen LogP) is 4.49. The van der Waals surface area contributed by atoms with Crippen LogP contribution in [0.3, 0.4) is 0 Å². The fourth-order valence-electron chi connectivity index (χ4n) is 2.94. The molecule has 98 valence electrons. The quantitative estimate of drug-likeness (QED) is 0.616. The van der Waals surface area contributed by atoms with E-state index in [1.54, 1.807) is 0 Å². The van der Waals surface area contributed by atoms with Crippen LogP contribution in [0.4, 0.5) is 0 Å². The maximum absolute atomic E-state index is 9.03. The number of aliphatic hydroxyl groups is 1. The Hall–Kier alpha value is -0.0400. The molecule has 1 heteroatoms. The minimum atomic E-state index is 0.338. The average Bonchev–Trinajstić information content (AvgIpc) is 2.16. The molecule has 1 nitrogen and oxygen atoms in total. The third-order valence-electron chi connectivity index (χ3n) is 3.51. The Morgan fingerprint density at radius 3 is 1.62 bits per heavy atom. The van der Waals surface area contributed by atoms with Crippen molar-refractivity contribution in [1.29, 1.82) is 0 Å². The molecule has 0 aromatic heterocycles. The van der Waals surface area contributed by atoms with Crippen molar-refractivity contribution in [3.05, 3.63) is 0 Å². The Bertz CT molecular complexity index is 156. The maximum atomic E-state index is 9.03. The van der Waals surface area contributed by atoms with Gasteiger partial charge in [0.25, 0.3) is 0 Å². The van der Waals surface area contributed by atoms with E-state index in [4.69, 9.17) is 5.11 Å². The van der Waals surface area contributed by atoms with Crippen molar-refractivity contribution >= 4 is 0 Å². The van der Waals surface area contributed by atoms with E-state index >= 15 is 0 Å². The van der Waals surface area contributed by atoms with E-state index in [2.05, 4.69) is 34.6 Å². The molecule has 1 unspecified atom stereocenters. The largest absolute Gasteiger partial charge is 0.396 e. The van der Waals surface area contributed by atoms with Crippen LogP contribution in [0.15, 0.2) is 0 Å². The van der Waals surface area contributed by atoms with Crippen LogP contribution in [0.2, 0.25) is 0 Å². The van der Waals surface area contributed by atoms with E-state index in [-0.39, 0.29) is 0 Å². The lowest BCUT2D eigenvalue weighted by Gasteiger charge is -2.22. The van der Waals surface area contributed by atoms with E-state index in [0.29, 0.717) is 12.5 Å². The van der Waals surface area contributed by atoms with Gasteiger partial charge in [-0.1, -0.05) is 47.5 Å². The van der Waals surface area contributed by atoms with Crippen molar-refractivity contribution in [3.63, 3.8) is 0 Å². The highest BCUT2D eigenvalue weighted by molar-refractivity contribution is 4.65. The van der Waals surface area contributed by atoms with Gasteiger partial charge in [0, 0.05) is 6.61 Å². The average molecular weight is 228 g/mol. The summed E-state index contributed by atoms with van der Waals surface area (Å²) < 4.78 is 0. The standard InChI is InChI=1S/C15H32O/c1-6-7-12(2)8-13(3)9-14(4)10-15(5)11-16/h12-16H,6-11H2,1-5H3/t12?,13-,14-,15+/m0/s1. The fraction of sp³-hybridized carbons (Fsp3) is 1.00. The lowest BCUT2D eigenvalue weighted by Crippen LogP contribution is -2.12. The van der Waals surface area contributed by atoms with Gasteiger partial charge >= 0.3 is 0 Å². The second-order valence-electron chi connectivity index (χ2n) is 6.10. The number of hydrogen-bond acceptors (Lipinski definition) is 1. The highest BCUT2D eigenvalue weighted by Crippen LogP contribution is 2.25. The molecular formula is C15H32O. The van der Waals surface area contributed by atoms with Crippen LogP contribution in [0.25, 0.3) is 0 Å². The number of hydrogen-bond donors (Lipinski definition) is 1. The second kappa shape index (κ2) is 9.04. The van der Waals surface area contributed by atoms with Crippen LogP contribution in [-0.2, 0) is 0 Å². The molecule has 0 aliphatic carbocycles. The predicted molar refractivity (Wildman–Crippen MR) is 72.5 cm³/mol. The third kappa shape index (κ3) is 8.15. The van der Waals surface area contributed by atoms with E-state index in [0.717, 1.165) is 17.8 Å². The lowest BCUT2D eigenvalue weighted by atomic mass is 9.85. The molecule has 0 saturated carbocycles. The normalized spacial score (nSPS) is 19.1. The molecule has 0 radical (unpaired) electrons. The summed E-state index contributed by atoms with van der Waals surface area (Å²) in [5, 5.41) is 9.03. The second-order valence-corrected chi connectivity index (χ2v) is 6.10. The first-order valence-electron chi connectivity index (χ1n) is 7.10. The zero-order valence-electron chi connectivity index (χ0n) is 12.0. The van der Waals surface area contributed by atoms with Crippen molar-refractivity contribution in [1.82, 2.24) is 0 Å². The van der Waals surface area contributed by atoms with E-state index in [1.807, 2.05) is 0 Å². The van der Waals surface area contributed by atoms with Crippen LogP contribution in [0.1, 0.15) is 66.7 Å². The molecule has 0 aromatic rings. The van der Waals surface area contributed by atoms with Gasteiger partial charge in [-0.05, 0) is 42.9 Å². The number of aliphatic hydroxyl groups excluding tert-OH is 1. The van der Waals surface area contributed by atoms with Crippen LogP contribution in [-0.4, -0.2) is 11.7 Å². The molecule has 0 aromatic carbocycles. The van der Waals surface area contributed by atoms with E-state index in [1.165, 1.54) is 32.1 Å². The van der Waals surface area contributed by atoms with Gasteiger partial charge in [0.1, 0.15) is 0 Å². The van der Waals surface area contributed by atoms with Crippen LogP contribution >= 0.6 is 0 Å². The Morgan fingerprint density at radius 1 is 0.750 bits per heavy atom. The molecule has 0 fully saturated rings. The monoisotopic (exact) mass is 228 g/mol. The Labute approximate surface area is 103 Å². The van der Waals surface area contributed by atoms with Gasteiger partial charge in [-0.3, -0.25) is 0 Å². The summed E-state index contributed by atoms with van der Waals surface area (Å²) >= 11 is 0. The first-order chi connectivity index (χ1) is 7.49. The molecule has 0 bridgehead atoms. The molecule has 0 amide bonds. The van der Waals surface area contributed by atoms with Crippen molar-refractivity contribution in [2.24, 2.45) is 23.7 Å². The van der Waals surface area contributed by atoms with Gasteiger partial charge in [0.15, 0.2) is 0 Å². The van der Waals surface area contributed by atoms with Crippen LogP contribution in [0, 0.1) is 23.7 Å². The molecule has 16 heavy (non-hydrogen) atoms. The van der Waals surface area contributed by atoms with Crippen LogP contribution < -0.4 is 0 Å². The molecule has 0 rings (SSSR count). The molecule has 0 aliphatic heterocycles. The molecule has 0 saturated heterocycles. The minimum Gasteiger partial charge on any atom is -0.396 e. The Balaban J connectivity index is 3.72.